The molecule has 3 heterocycles. The van der Waals surface area contributed by atoms with Crippen molar-refractivity contribution in [1.29, 1.82) is 0 Å². The average Bonchev–Trinajstić information content (AvgIpc) is 3.09. The molecular weight excluding hydrogens is 474 g/mol. The Labute approximate surface area is 194 Å². The number of carbonyl (C=O) groups excluding carboxylic acids is 1. The van der Waals surface area contributed by atoms with E-state index in [2.05, 4.69) is 49.4 Å². The third-order valence-electron chi connectivity index (χ3n) is 5.48. The van der Waals surface area contributed by atoms with Gasteiger partial charge in [-0.2, -0.15) is 0 Å². The van der Waals surface area contributed by atoms with E-state index in [0.29, 0.717) is 30.7 Å². The highest BCUT2D eigenvalue weighted by Gasteiger charge is 2.25. The molecule has 1 N–H and O–H groups in total. The maximum absolute atomic E-state index is 12.7. The zero-order valence-corrected chi connectivity index (χ0v) is 19.7. The summed E-state index contributed by atoms with van der Waals surface area (Å²) in [5, 5.41) is 6.71. The lowest BCUT2D eigenvalue weighted by atomic mass is 9.91. The number of urea groups is 1. The molecule has 166 valence electrons. The molecule has 1 unspecified atom stereocenters. The second-order valence-corrected chi connectivity index (χ2v) is 8.74. The van der Waals surface area contributed by atoms with Gasteiger partial charge in [-0.3, -0.25) is 5.32 Å². The highest BCUT2D eigenvalue weighted by Crippen LogP contribution is 2.28. The molecule has 0 bridgehead atoms. The van der Waals surface area contributed by atoms with Crippen LogP contribution in [0.5, 0.6) is 11.8 Å². The molecule has 0 aliphatic carbocycles. The Kier molecular flexibility index (Phi) is 6.55. The van der Waals surface area contributed by atoms with Crippen molar-refractivity contribution in [2.45, 2.75) is 27.2 Å². The van der Waals surface area contributed by atoms with Crippen LogP contribution in [0, 0.1) is 19.8 Å². The summed E-state index contributed by atoms with van der Waals surface area (Å²) < 4.78 is 11.8. The van der Waals surface area contributed by atoms with Gasteiger partial charge in [-0.1, -0.05) is 35.9 Å². The summed E-state index contributed by atoms with van der Waals surface area (Å²) in [6.07, 6.45) is 6.25. The zero-order chi connectivity index (χ0) is 22.7. The van der Waals surface area contributed by atoms with E-state index in [-0.39, 0.29) is 11.9 Å². The number of aryl methyl sites for hydroxylation is 1. The number of carbonyl (C=O) groups is 1. The van der Waals surface area contributed by atoms with Gasteiger partial charge in [-0.05, 0) is 59.8 Å². The van der Waals surface area contributed by atoms with Crippen LogP contribution in [0.15, 0.2) is 51.2 Å². The standard InChI is InChI=1S/C23H24BrN5O3/c1-14-13-29(23(30)27-21-15(2)16(3)28-32-21)8-7-18(14)9-17-5-4-6-20(10-17)31-22-25-11-19(24)12-26-22/h4-6,9-12,14H,7-8,13H2,1-3H3,(H,27,30)/b18-9+. The maximum Gasteiger partial charge on any atom is 0.324 e. The van der Waals surface area contributed by atoms with Crippen LogP contribution < -0.4 is 10.1 Å². The van der Waals surface area contributed by atoms with Crippen LogP contribution >= 0.6 is 15.9 Å². The van der Waals surface area contributed by atoms with E-state index < -0.39 is 0 Å². The number of rotatable bonds is 4. The lowest BCUT2D eigenvalue weighted by Crippen LogP contribution is -2.42. The Morgan fingerprint density at radius 3 is 2.78 bits per heavy atom. The highest BCUT2D eigenvalue weighted by atomic mass is 79.9. The van der Waals surface area contributed by atoms with Gasteiger partial charge in [-0.25, -0.2) is 14.8 Å². The van der Waals surface area contributed by atoms with Crippen LogP contribution in [0.3, 0.4) is 0 Å². The Morgan fingerprint density at radius 2 is 2.09 bits per heavy atom. The summed E-state index contributed by atoms with van der Waals surface area (Å²) >= 11 is 3.31. The summed E-state index contributed by atoms with van der Waals surface area (Å²) in [6, 6.07) is 7.93. The van der Waals surface area contributed by atoms with Crippen LogP contribution in [0.2, 0.25) is 0 Å². The van der Waals surface area contributed by atoms with Crippen molar-refractivity contribution < 1.29 is 14.1 Å². The minimum Gasteiger partial charge on any atom is -0.424 e. The molecule has 0 saturated carbocycles. The van der Waals surface area contributed by atoms with E-state index in [1.54, 1.807) is 12.4 Å². The minimum absolute atomic E-state index is 0.167. The molecule has 4 rings (SSSR count). The smallest absolute Gasteiger partial charge is 0.324 e. The SMILES string of the molecule is Cc1noc(NC(=O)N2CC/C(=C\c3cccc(Oc4ncc(Br)cn4)c3)C(C)C2)c1C. The molecule has 3 aromatic rings. The van der Waals surface area contributed by atoms with Crippen molar-refractivity contribution >= 4 is 33.9 Å². The van der Waals surface area contributed by atoms with Crippen LogP contribution in [-0.4, -0.2) is 39.1 Å². The van der Waals surface area contributed by atoms with Gasteiger partial charge in [0.1, 0.15) is 5.75 Å². The lowest BCUT2D eigenvalue weighted by molar-refractivity contribution is 0.197. The molecule has 2 amide bonds. The quantitative estimate of drug-likeness (QED) is 0.504. The number of hydrogen-bond acceptors (Lipinski definition) is 6. The van der Waals surface area contributed by atoms with Gasteiger partial charge in [0.15, 0.2) is 0 Å². The first-order chi connectivity index (χ1) is 15.4. The molecule has 2 aromatic heterocycles. The van der Waals surface area contributed by atoms with Gasteiger partial charge in [0, 0.05) is 31.0 Å². The largest absolute Gasteiger partial charge is 0.424 e. The van der Waals surface area contributed by atoms with Gasteiger partial charge >= 0.3 is 12.0 Å². The van der Waals surface area contributed by atoms with Gasteiger partial charge in [-0.15, -0.1) is 0 Å². The molecule has 1 saturated heterocycles. The Balaban J connectivity index is 1.40. The summed E-state index contributed by atoms with van der Waals surface area (Å²) in [5.74, 6) is 1.31. The molecule has 1 aliphatic rings. The number of likely N-dealkylation sites (tertiary alicyclic amines) is 1. The summed E-state index contributed by atoms with van der Waals surface area (Å²) in [7, 11) is 0. The monoisotopic (exact) mass is 497 g/mol. The predicted octanol–water partition coefficient (Wildman–Crippen LogP) is 5.59. The third kappa shape index (κ3) is 5.16. The van der Waals surface area contributed by atoms with Gasteiger partial charge in [0.2, 0.25) is 5.88 Å². The molecule has 1 fully saturated rings. The number of nitrogens with zero attached hydrogens (tertiary/aromatic N) is 4. The van der Waals surface area contributed by atoms with E-state index in [9.17, 15) is 4.79 Å². The molecule has 0 spiro atoms. The van der Waals surface area contributed by atoms with Crippen LogP contribution in [-0.2, 0) is 0 Å². The number of halogens is 1. The first-order valence-electron chi connectivity index (χ1n) is 10.3. The predicted molar refractivity (Wildman–Crippen MR) is 125 cm³/mol. The number of nitrogens with one attached hydrogen (secondary N) is 1. The van der Waals surface area contributed by atoms with Crippen LogP contribution in [0.1, 0.15) is 30.2 Å². The van der Waals surface area contributed by atoms with Gasteiger partial charge < -0.3 is 14.2 Å². The van der Waals surface area contributed by atoms with Crippen molar-refractivity contribution in [2.75, 3.05) is 18.4 Å². The number of hydrogen-bond donors (Lipinski definition) is 1. The normalized spacial score (nSPS) is 17.4. The second kappa shape index (κ2) is 9.52. The minimum atomic E-state index is -0.167. The number of amides is 2. The second-order valence-electron chi connectivity index (χ2n) is 7.83. The topological polar surface area (TPSA) is 93.4 Å². The van der Waals surface area contributed by atoms with Crippen LogP contribution in [0.4, 0.5) is 10.7 Å². The number of aromatic nitrogens is 3. The first-order valence-corrected chi connectivity index (χ1v) is 11.1. The fraction of sp³-hybridized carbons (Fsp3) is 0.304. The fourth-order valence-corrected chi connectivity index (χ4v) is 3.70. The van der Waals surface area contributed by atoms with E-state index in [1.165, 1.54) is 5.57 Å². The summed E-state index contributed by atoms with van der Waals surface area (Å²) in [4.78, 5) is 22.7. The van der Waals surface area contributed by atoms with Crippen molar-refractivity contribution in [3.63, 3.8) is 0 Å². The molecular formula is C23H24BrN5O3. The molecule has 32 heavy (non-hydrogen) atoms. The fourth-order valence-electron chi connectivity index (χ4n) is 3.50. The molecule has 1 aromatic carbocycles. The van der Waals surface area contributed by atoms with Gasteiger partial charge in [0.25, 0.3) is 0 Å². The zero-order valence-electron chi connectivity index (χ0n) is 18.1. The van der Waals surface area contributed by atoms with Crippen molar-refractivity contribution in [2.24, 2.45) is 5.92 Å². The summed E-state index contributed by atoms with van der Waals surface area (Å²) in [5.41, 5.74) is 3.94. The average molecular weight is 498 g/mol. The molecule has 8 nitrogen and oxygen atoms in total. The van der Waals surface area contributed by atoms with Crippen LogP contribution in [0.25, 0.3) is 6.08 Å². The number of benzene rings is 1. The Bertz CT molecular complexity index is 1140. The molecule has 1 aliphatic heterocycles. The van der Waals surface area contributed by atoms with E-state index in [1.807, 2.05) is 43.0 Å². The molecule has 1 atom stereocenters. The number of piperidine rings is 1. The van der Waals surface area contributed by atoms with Gasteiger partial charge in [0.05, 0.1) is 10.2 Å². The highest BCUT2D eigenvalue weighted by molar-refractivity contribution is 9.10. The summed E-state index contributed by atoms with van der Waals surface area (Å²) in [6.45, 7) is 7.12. The van der Waals surface area contributed by atoms with E-state index >= 15 is 0 Å². The third-order valence-corrected chi connectivity index (χ3v) is 5.89. The number of ether oxygens (including phenoxy) is 1. The Morgan fingerprint density at radius 1 is 1.31 bits per heavy atom. The molecule has 0 radical (unpaired) electrons. The lowest BCUT2D eigenvalue weighted by Gasteiger charge is -2.33. The van der Waals surface area contributed by atoms with E-state index in [0.717, 1.165) is 27.7 Å². The Hall–Kier alpha value is -3.20. The number of anilines is 1. The molecule has 9 heteroatoms. The van der Waals surface area contributed by atoms with Crippen molar-refractivity contribution in [3.05, 3.63) is 63.5 Å². The maximum atomic E-state index is 12.7. The first kappa shape index (κ1) is 22.0. The van der Waals surface area contributed by atoms with E-state index in [4.69, 9.17) is 9.26 Å². The van der Waals surface area contributed by atoms with Crippen molar-refractivity contribution in [3.8, 4) is 11.8 Å². The van der Waals surface area contributed by atoms with Crippen molar-refractivity contribution in [1.82, 2.24) is 20.0 Å².